The molecule has 0 aromatic carbocycles. The van der Waals surface area contributed by atoms with Gasteiger partial charge < -0.3 is 10.3 Å². The average Bonchev–Trinajstić information content (AvgIpc) is 2.89. The minimum absolute atomic E-state index is 0.432. The van der Waals surface area contributed by atoms with Gasteiger partial charge in [-0.15, -0.1) is 6.42 Å². The zero-order valence-corrected chi connectivity index (χ0v) is 9.80. The van der Waals surface area contributed by atoms with Crippen LogP contribution in [-0.4, -0.2) is 19.3 Å². The van der Waals surface area contributed by atoms with Crippen molar-refractivity contribution in [2.45, 2.75) is 26.4 Å². The van der Waals surface area contributed by atoms with Gasteiger partial charge in [0.1, 0.15) is 11.5 Å². The van der Waals surface area contributed by atoms with E-state index in [1.54, 1.807) is 17.1 Å². The number of nitrogens with two attached hydrogens (primary N) is 1. The lowest BCUT2D eigenvalue weighted by Gasteiger charge is -1.99. The van der Waals surface area contributed by atoms with Gasteiger partial charge in [0.25, 0.3) is 0 Å². The third-order valence-corrected chi connectivity index (χ3v) is 2.50. The molecule has 0 saturated carbocycles. The van der Waals surface area contributed by atoms with E-state index in [0.29, 0.717) is 12.4 Å². The van der Waals surface area contributed by atoms with Gasteiger partial charge in [0.2, 0.25) is 0 Å². The van der Waals surface area contributed by atoms with Crippen molar-refractivity contribution in [1.82, 2.24) is 19.3 Å². The molecule has 5 nitrogen and oxygen atoms in total. The lowest BCUT2D eigenvalue weighted by atomic mass is 10.2. The van der Waals surface area contributed by atoms with Gasteiger partial charge in [0, 0.05) is 18.3 Å². The quantitative estimate of drug-likeness (QED) is 0.805. The summed E-state index contributed by atoms with van der Waals surface area (Å²) >= 11 is 0. The topological polar surface area (TPSA) is 61.7 Å². The van der Waals surface area contributed by atoms with Crippen molar-refractivity contribution in [1.29, 1.82) is 0 Å². The molecule has 0 aliphatic heterocycles. The van der Waals surface area contributed by atoms with E-state index < -0.39 is 0 Å². The summed E-state index contributed by atoms with van der Waals surface area (Å²) in [5, 5.41) is 4.25. The number of imidazole rings is 1. The first-order valence-corrected chi connectivity index (χ1v) is 5.53. The molecule has 0 aliphatic rings. The van der Waals surface area contributed by atoms with Crippen molar-refractivity contribution in [3.63, 3.8) is 0 Å². The van der Waals surface area contributed by atoms with E-state index in [1.807, 2.05) is 10.9 Å². The summed E-state index contributed by atoms with van der Waals surface area (Å²) in [6.45, 7) is 3.43. The predicted octanol–water partition coefficient (Wildman–Crippen LogP) is 1.37. The Morgan fingerprint density at radius 1 is 1.53 bits per heavy atom. The molecule has 2 heterocycles. The summed E-state index contributed by atoms with van der Waals surface area (Å²) in [4.78, 5) is 4.27. The fourth-order valence-corrected chi connectivity index (χ4v) is 1.68. The number of anilines is 1. The van der Waals surface area contributed by atoms with E-state index in [2.05, 4.69) is 22.9 Å². The highest BCUT2D eigenvalue weighted by Gasteiger charge is 2.11. The molecule has 5 heteroatoms. The number of rotatable bonds is 4. The molecule has 0 fully saturated rings. The maximum absolute atomic E-state index is 5.97. The van der Waals surface area contributed by atoms with Gasteiger partial charge in [-0.3, -0.25) is 4.68 Å². The third kappa shape index (κ3) is 2.16. The average molecular weight is 229 g/mol. The second kappa shape index (κ2) is 4.74. The standard InChI is InChI=1S/C12H15N5/c1-3-5-16-9-14-11(12(16)13)10-7-15-17(8-10)6-4-2/h1,7-9H,4-6,13H2,2H3. The van der Waals surface area contributed by atoms with E-state index >= 15 is 0 Å². The molecular weight excluding hydrogens is 214 g/mol. The number of nitrogen functional groups attached to an aromatic ring is 1. The van der Waals surface area contributed by atoms with Gasteiger partial charge in [0.05, 0.1) is 19.1 Å². The maximum atomic E-state index is 5.97. The number of aryl methyl sites for hydroxylation is 1. The maximum Gasteiger partial charge on any atom is 0.132 e. The minimum atomic E-state index is 0.432. The van der Waals surface area contributed by atoms with E-state index in [1.165, 1.54) is 0 Å². The molecule has 0 radical (unpaired) electrons. The molecular formula is C12H15N5. The van der Waals surface area contributed by atoms with E-state index in [-0.39, 0.29) is 0 Å². The minimum Gasteiger partial charge on any atom is -0.383 e. The molecule has 17 heavy (non-hydrogen) atoms. The molecule has 2 N–H and O–H groups in total. The van der Waals surface area contributed by atoms with Gasteiger partial charge in [-0.25, -0.2) is 4.98 Å². The van der Waals surface area contributed by atoms with E-state index in [0.717, 1.165) is 24.2 Å². The molecule has 0 saturated heterocycles. The van der Waals surface area contributed by atoms with Crippen molar-refractivity contribution in [2.24, 2.45) is 0 Å². The van der Waals surface area contributed by atoms with Crippen LogP contribution in [0.4, 0.5) is 5.82 Å². The zero-order valence-electron chi connectivity index (χ0n) is 9.80. The molecule has 0 bridgehead atoms. The van der Waals surface area contributed by atoms with Crippen molar-refractivity contribution in [3.05, 3.63) is 18.7 Å². The zero-order chi connectivity index (χ0) is 12.3. The van der Waals surface area contributed by atoms with Crippen molar-refractivity contribution in [3.8, 4) is 23.6 Å². The highest BCUT2D eigenvalue weighted by Crippen LogP contribution is 2.23. The number of terminal acetylenes is 1. The number of aromatic nitrogens is 4. The van der Waals surface area contributed by atoms with Crippen molar-refractivity contribution < 1.29 is 0 Å². The number of nitrogens with zero attached hydrogens (tertiary/aromatic N) is 4. The van der Waals surface area contributed by atoms with Gasteiger partial charge in [-0.2, -0.15) is 5.10 Å². The Labute approximate surface area is 100 Å². The molecule has 0 amide bonds. The second-order valence-corrected chi connectivity index (χ2v) is 3.80. The Morgan fingerprint density at radius 2 is 2.35 bits per heavy atom. The molecule has 0 unspecified atom stereocenters. The first-order chi connectivity index (χ1) is 8.26. The summed E-state index contributed by atoms with van der Waals surface area (Å²) in [7, 11) is 0. The van der Waals surface area contributed by atoms with E-state index in [4.69, 9.17) is 12.2 Å². The van der Waals surface area contributed by atoms with Crippen LogP contribution >= 0.6 is 0 Å². The van der Waals surface area contributed by atoms with Crippen LogP contribution < -0.4 is 5.73 Å². The molecule has 88 valence electrons. The predicted molar refractivity (Wildman–Crippen MR) is 67.0 cm³/mol. The lowest BCUT2D eigenvalue weighted by molar-refractivity contribution is 0.603. The smallest absolute Gasteiger partial charge is 0.132 e. The Morgan fingerprint density at radius 3 is 3.06 bits per heavy atom. The molecule has 0 spiro atoms. The summed E-state index contributed by atoms with van der Waals surface area (Å²) in [6, 6.07) is 0. The van der Waals surface area contributed by atoms with Crippen LogP contribution in [0.25, 0.3) is 11.3 Å². The monoisotopic (exact) mass is 229 g/mol. The molecule has 2 aromatic heterocycles. The van der Waals surface area contributed by atoms with Gasteiger partial charge in [-0.1, -0.05) is 12.8 Å². The van der Waals surface area contributed by atoms with Gasteiger partial charge in [0.15, 0.2) is 0 Å². The molecule has 2 rings (SSSR count). The number of hydrogen-bond acceptors (Lipinski definition) is 3. The van der Waals surface area contributed by atoms with Crippen molar-refractivity contribution >= 4 is 5.82 Å². The summed E-state index contributed by atoms with van der Waals surface area (Å²) in [5.41, 5.74) is 7.63. The van der Waals surface area contributed by atoms with Gasteiger partial charge >= 0.3 is 0 Å². The highest BCUT2D eigenvalue weighted by atomic mass is 15.3. The van der Waals surface area contributed by atoms with Crippen LogP contribution in [0, 0.1) is 12.3 Å². The van der Waals surface area contributed by atoms with Gasteiger partial charge in [-0.05, 0) is 6.42 Å². The largest absolute Gasteiger partial charge is 0.383 e. The fraction of sp³-hybridized carbons (Fsp3) is 0.333. The van der Waals surface area contributed by atoms with Crippen LogP contribution in [-0.2, 0) is 13.1 Å². The molecule has 2 aromatic rings. The Kier molecular flexibility index (Phi) is 3.15. The highest BCUT2D eigenvalue weighted by molar-refractivity contribution is 5.69. The lowest BCUT2D eigenvalue weighted by Crippen LogP contribution is -2.00. The summed E-state index contributed by atoms with van der Waals surface area (Å²) in [6.07, 6.45) is 11.7. The van der Waals surface area contributed by atoms with Crippen LogP contribution in [0.2, 0.25) is 0 Å². The Bertz CT molecular complexity index is 543. The van der Waals surface area contributed by atoms with Crippen LogP contribution in [0.1, 0.15) is 13.3 Å². The first kappa shape index (κ1) is 11.3. The third-order valence-electron chi connectivity index (χ3n) is 2.50. The second-order valence-electron chi connectivity index (χ2n) is 3.80. The summed E-state index contributed by atoms with van der Waals surface area (Å²) in [5.74, 6) is 3.12. The molecule has 0 atom stereocenters. The Hall–Kier alpha value is -2.22. The number of hydrogen-bond donors (Lipinski definition) is 1. The van der Waals surface area contributed by atoms with Crippen molar-refractivity contribution in [2.75, 3.05) is 5.73 Å². The normalized spacial score (nSPS) is 10.4. The SMILES string of the molecule is C#CCn1cnc(-c2cnn(CCC)c2)c1N. The van der Waals surface area contributed by atoms with Crippen LogP contribution in [0.3, 0.4) is 0 Å². The van der Waals surface area contributed by atoms with Crippen LogP contribution in [0.5, 0.6) is 0 Å². The van der Waals surface area contributed by atoms with Crippen LogP contribution in [0.15, 0.2) is 18.7 Å². The fourth-order valence-electron chi connectivity index (χ4n) is 1.68. The van der Waals surface area contributed by atoms with E-state index in [9.17, 15) is 0 Å². The summed E-state index contributed by atoms with van der Waals surface area (Å²) < 4.78 is 3.63. The molecule has 0 aliphatic carbocycles. The Balaban J connectivity index is 2.30. The first-order valence-electron chi connectivity index (χ1n) is 5.53.